The summed E-state index contributed by atoms with van der Waals surface area (Å²) in [6.07, 6.45) is 0.112. The minimum Gasteiger partial charge on any atom is -0.503 e. The summed E-state index contributed by atoms with van der Waals surface area (Å²) in [6, 6.07) is 7.47. The quantitative estimate of drug-likeness (QED) is 0.304. The zero-order chi connectivity index (χ0) is 21.1. The van der Waals surface area contributed by atoms with Gasteiger partial charge in [0.2, 0.25) is 11.5 Å². The number of furan rings is 1. The zero-order valence-corrected chi connectivity index (χ0v) is 15.2. The standard InChI is InChI=1S/C20H16FNO7/c1-28-20(27)18(25)15(10-2-4-11(21)5-3-10)13-6-7-14(29-13)16(23)12-8-9-22-19(26)17(12)24/h2-7,24-25H,8-9H2,1H3,(H,22,26)/b18-15+. The van der Waals surface area contributed by atoms with Crippen molar-refractivity contribution in [1.29, 1.82) is 0 Å². The van der Waals surface area contributed by atoms with Crippen LogP contribution in [0, 0.1) is 5.82 Å². The number of hydrogen-bond acceptors (Lipinski definition) is 7. The van der Waals surface area contributed by atoms with Crippen molar-refractivity contribution in [2.24, 2.45) is 0 Å². The maximum atomic E-state index is 13.3. The zero-order valence-electron chi connectivity index (χ0n) is 15.2. The van der Waals surface area contributed by atoms with Gasteiger partial charge in [-0.15, -0.1) is 0 Å². The molecule has 1 aromatic carbocycles. The molecule has 0 unspecified atom stereocenters. The van der Waals surface area contributed by atoms with Crippen LogP contribution in [0.5, 0.6) is 0 Å². The van der Waals surface area contributed by atoms with Gasteiger partial charge in [-0.2, -0.15) is 0 Å². The van der Waals surface area contributed by atoms with E-state index in [4.69, 9.17) is 4.42 Å². The number of halogens is 1. The molecule has 3 rings (SSSR count). The first kappa shape index (κ1) is 19.9. The van der Waals surface area contributed by atoms with Gasteiger partial charge in [0.1, 0.15) is 11.6 Å². The fourth-order valence-corrected chi connectivity index (χ4v) is 2.82. The molecule has 8 nitrogen and oxygen atoms in total. The van der Waals surface area contributed by atoms with Crippen LogP contribution in [-0.4, -0.2) is 41.5 Å². The number of carbonyl (C=O) groups excluding carboxylic acids is 3. The van der Waals surface area contributed by atoms with Crippen molar-refractivity contribution in [3.8, 4) is 0 Å². The van der Waals surface area contributed by atoms with Crippen LogP contribution < -0.4 is 5.32 Å². The van der Waals surface area contributed by atoms with Crippen LogP contribution in [0.3, 0.4) is 0 Å². The summed E-state index contributed by atoms with van der Waals surface area (Å²) in [4.78, 5) is 36.0. The molecule has 150 valence electrons. The molecule has 1 amide bonds. The van der Waals surface area contributed by atoms with Crippen LogP contribution in [0.4, 0.5) is 4.39 Å². The Labute approximate surface area is 163 Å². The Morgan fingerprint density at radius 1 is 1.14 bits per heavy atom. The highest BCUT2D eigenvalue weighted by Gasteiger charge is 2.28. The summed E-state index contributed by atoms with van der Waals surface area (Å²) in [6.45, 7) is 0.182. The van der Waals surface area contributed by atoms with Crippen LogP contribution in [0.15, 0.2) is 57.9 Å². The third-order valence-corrected chi connectivity index (χ3v) is 4.26. The molecular weight excluding hydrogens is 385 g/mol. The molecule has 0 aliphatic carbocycles. The number of Topliss-reactive ketones (excluding diaryl/α,β-unsaturated/α-hetero) is 1. The Hall–Kier alpha value is -3.88. The molecule has 2 heterocycles. The predicted molar refractivity (Wildman–Crippen MR) is 97.4 cm³/mol. The second-order valence-electron chi connectivity index (χ2n) is 6.05. The Morgan fingerprint density at radius 3 is 2.45 bits per heavy atom. The topological polar surface area (TPSA) is 126 Å². The molecule has 0 saturated carbocycles. The summed E-state index contributed by atoms with van der Waals surface area (Å²) in [7, 11) is 1.07. The number of methoxy groups -OCH3 is 1. The highest BCUT2D eigenvalue weighted by molar-refractivity contribution is 6.12. The Morgan fingerprint density at radius 2 is 1.79 bits per heavy atom. The molecule has 0 radical (unpaired) electrons. The number of ether oxygens (including phenoxy) is 1. The third kappa shape index (κ3) is 3.88. The van der Waals surface area contributed by atoms with Crippen molar-refractivity contribution in [2.75, 3.05) is 13.7 Å². The van der Waals surface area contributed by atoms with Crippen molar-refractivity contribution in [3.05, 3.63) is 76.4 Å². The van der Waals surface area contributed by atoms with Gasteiger partial charge in [0.15, 0.2) is 11.5 Å². The van der Waals surface area contributed by atoms with Crippen LogP contribution in [0.1, 0.15) is 28.3 Å². The molecule has 3 N–H and O–H groups in total. The lowest BCUT2D eigenvalue weighted by Gasteiger charge is -2.14. The first-order valence-electron chi connectivity index (χ1n) is 8.46. The number of rotatable bonds is 5. The smallest absolute Gasteiger partial charge is 0.373 e. The van der Waals surface area contributed by atoms with Gasteiger partial charge in [0.05, 0.1) is 18.3 Å². The maximum Gasteiger partial charge on any atom is 0.373 e. The van der Waals surface area contributed by atoms with E-state index in [0.29, 0.717) is 0 Å². The normalized spacial score (nSPS) is 14.9. The molecule has 29 heavy (non-hydrogen) atoms. The van der Waals surface area contributed by atoms with E-state index in [-0.39, 0.29) is 41.2 Å². The number of hydrogen-bond donors (Lipinski definition) is 3. The van der Waals surface area contributed by atoms with Crippen LogP contribution in [0.2, 0.25) is 0 Å². The Balaban J connectivity index is 2.06. The molecule has 9 heteroatoms. The lowest BCUT2D eigenvalue weighted by Crippen LogP contribution is -2.33. The van der Waals surface area contributed by atoms with E-state index in [9.17, 15) is 29.0 Å². The molecule has 1 aliphatic rings. The molecule has 0 fully saturated rings. The molecule has 0 atom stereocenters. The number of amides is 1. The number of benzene rings is 1. The highest BCUT2D eigenvalue weighted by atomic mass is 19.1. The average molecular weight is 401 g/mol. The second-order valence-corrected chi connectivity index (χ2v) is 6.05. The fraction of sp³-hybridized carbons (Fsp3) is 0.150. The van der Waals surface area contributed by atoms with E-state index in [1.807, 2.05) is 0 Å². The number of esters is 1. The van der Waals surface area contributed by atoms with Crippen molar-refractivity contribution in [1.82, 2.24) is 5.32 Å². The van der Waals surface area contributed by atoms with Crippen LogP contribution >= 0.6 is 0 Å². The Bertz CT molecular complexity index is 1050. The van der Waals surface area contributed by atoms with E-state index < -0.39 is 35.0 Å². The number of carbonyl (C=O) groups is 3. The fourth-order valence-electron chi connectivity index (χ4n) is 2.82. The number of ketones is 1. The van der Waals surface area contributed by atoms with E-state index in [0.717, 1.165) is 19.2 Å². The van der Waals surface area contributed by atoms with Crippen molar-refractivity contribution >= 4 is 23.2 Å². The van der Waals surface area contributed by atoms with E-state index in [1.54, 1.807) is 0 Å². The van der Waals surface area contributed by atoms with Gasteiger partial charge in [-0.3, -0.25) is 9.59 Å². The minimum absolute atomic E-state index is 0.0665. The average Bonchev–Trinajstić information content (AvgIpc) is 3.20. The Kier molecular flexibility index (Phi) is 5.49. The van der Waals surface area contributed by atoms with Gasteiger partial charge < -0.3 is 24.7 Å². The van der Waals surface area contributed by atoms with Gasteiger partial charge >= 0.3 is 5.97 Å². The molecule has 2 aromatic rings. The number of aliphatic hydroxyl groups excluding tert-OH is 2. The summed E-state index contributed by atoms with van der Waals surface area (Å²) < 4.78 is 23.3. The van der Waals surface area contributed by atoms with E-state index in [1.165, 1.54) is 24.3 Å². The van der Waals surface area contributed by atoms with Gasteiger partial charge in [-0.05, 0) is 36.2 Å². The second kappa shape index (κ2) is 8.01. The van der Waals surface area contributed by atoms with Gasteiger partial charge in [0.25, 0.3) is 5.91 Å². The number of nitrogens with one attached hydrogen (secondary N) is 1. The van der Waals surface area contributed by atoms with Gasteiger partial charge in [0, 0.05) is 6.54 Å². The highest BCUT2D eigenvalue weighted by Crippen LogP contribution is 2.30. The lowest BCUT2D eigenvalue weighted by molar-refractivity contribution is -0.138. The molecule has 0 bridgehead atoms. The van der Waals surface area contributed by atoms with Gasteiger partial charge in [-0.1, -0.05) is 12.1 Å². The van der Waals surface area contributed by atoms with E-state index >= 15 is 0 Å². The molecule has 0 saturated heterocycles. The molecule has 0 spiro atoms. The summed E-state index contributed by atoms with van der Waals surface area (Å²) in [5.74, 6) is -4.83. The first-order valence-corrected chi connectivity index (χ1v) is 8.46. The van der Waals surface area contributed by atoms with Crippen molar-refractivity contribution in [2.45, 2.75) is 6.42 Å². The third-order valence-electron chi connectivity index (χ3n) is 4.26. The maximum absolute atomic E-state index is 13.3. The summed E-state index contributed by atoms with van der Waals surface area (Å²) in [5, 5.41) is 22.5. The SMILES string of the molecule is COC(=O)/C(O)=C(/c1ccc(F)cc1)c1ccc(C(=O)C2=C(O)C(=O)NCC2)o1. The summed E-state index contributed by atoms with van der Waals surface area (Å²) >= 11 is 0. The largest absolute Gasteiger partial charge is 0.503 e. The number of aliphatic hydroxyl groups is 2. The van der Waals surface area contributed by atoms with Crippen molar-refractivity contribution < 1.29 is 38.1 Å². The van der Waals surface area contributed by atoms with Gasteiger partial charge in [-0.25, -0.2) is 9.18 Å². The minimum atomic E-state index is -1.06. The molecule has 1 aliphatic heterocycles. The lowest BCUT2D eigenvalue weighted by atomic mass is 10.0. The predicted octanol–water partition coefficient (Wildman–Crippen LogP) is 2.42. The van der Waals surface area contributed by atoms with Crippen molar-refractivity contribution in [3.63, 3.8) is 0 Å². The summed E-state index contributed by atoms with van der Waals surface area (Å²) in [5.41, 5.74) is 0.0106. The molecule has 1 aromatic heterocycles. The monoisotopic (exact) mass is 401 g/mol. The van der Waals surface area contributed by atoms with E-state index in [2.05, 4.69) is 10.1 Å². The van der Waals surface area contributed by atoms with Crippen LogP contribution in [-0.2, 0) is 14.3 Å². The first-order chi connectivity index (χ1) is 13.8. The molecular formula is C20H16FNO7. The van der Waals surface area contributed by atoms with Crippen LogP contribution in [0.25, 0.3) is 5.57 Å².